The molecule has 1 aromatic heterocycles. The number of thiazole rings is 1. The third-order valence-electron chi connectivity index (χ3n) is 5.08. The number of aromatic nitrogens is 1. The number of halogens is 2. The lowest BCUT2D eigenvalue weighted by Gasteiger charge is -2.25. The van der Waals surface area contributed by atoms with Crippen LogP contribution < -0.4 is 19.6 Å². The van der Waals surface area contributed by atoms with Crippen LogP contribution in [0.5, 0.6) is 5.75 Å². The van der Waals surface area contributed by atoms with Crippen molar-refractivity contribution in [3.8, 4) is 5.75 Å². The maximum Gasteiger partial charge on any atom is 0.338 e. The Kier molecular flexibility index (Phi) is 6.37. The average Bonchev–Trinajstić information content (AvgIpc) is 3.08. The van der Waals surface area contributed by atoms with Crippen LogP contribution in [0, 0.1) is 0 Å². The van der Waals surface area contributed by atoms with E-state index >= 15 is 0 Å². The second kappa shape index (κ2) is 9.05. The first kappa shape index (κ1) is 22.5. The highest BCUT2D eigenvalue weighted by Gasteiger charge is 2.35. The highest BCUT2D eigenvalue weighted by atomic mass is 79.9. The zero-order valence-electron chi connectivity index (χ0n) is 17.4. The third-order valence-corrected chi connectivity index (χ3v) is 6.83. The van der Waals surface area contributed by atoms with Crippen molar-refractivity contribution in [1.82, 2.24) is 4.57 Å². The van der Waals surface area contributed by atoms with Gasteiger partial charge in [-0.05, 0) is 48.9 Å². The van der Waals surface area contributed by atoms with Crippen molar-refractivity contribution in [2.24, 2.45) is 4.99 Å². The highest BCUT2D eigenvalue weighted by molar-refractivity contribution is 9.10. The van der Waals surface area contributed by atoms with Crippen LogP contribution in [0.15, 0.2) is 68.0 Å². The van der Waals surface area contributed by atoms with Gasteiger partial charge in [0.2, 0.25) is 0 Å². The Morgan fingerprint density at radius 3 is 2.59 bits per heavy atom. The van der Waals surface area contributed by atoms with Gasteiger partial charge in [-0.3, -0.25) is 9.36 Å². The normalized spacial score (nSPS) is 15.9. The molecule has 0 N–H and O–H groups in total. The van der Waals surface area contributed by atoms with E-state index in [-0.39, 0.29) is 11.1 Å². The van der Waals surface area contributed by atoms with E-state index in [1.165, 1.54) is 30.1 Å². The lowest BCUT2D eigenvalue weighted by atomic mass is 9.95. The van der Waals surface area contributed by atoms with Crippen molar-refractivity contribution in [1.29, 1.82) is 0 Å². The number of hydrogen-bond acceptors (Lipinski definition) is 6. The summed E-state index contributed by atoms with van der Waals surface area (Å²) in [5.74, 6) is -0.0709. The molecule has 1 aliphatic rings. The number of esters is 1. The molecule has 0 spiro atoms. The summed E-state index contributed by atoms with van der Waals surface area (Å²) in [5, 5.41) is 0.455. The van der Waals surface area contributed by atoms with Crippen LogP contribution in [-0.4, -0.2) is 24.8 Å². The van der Waals surface area contributed by atoms with Gasteiger partial charge in [0.15, 0.2) is 4.80 Å². The zero-order chi connectivity index (χ0) is 23.0. The van der Waals surface area contributed by atoms with Gasteiger partial charge in [0.05, 0.1) is 30.0 Å². The molecule has 1 aliphatic heterocycles. The number of ether oxygens (including phenoxy) is 2. The minimum Gasteiger partial charge on any atom is -0.496 e. The Morgan fingerprint density at radius 1 is 1.22 bits per heavy atom. The first-order valence-corrected chi connectivity index (χ1v) is 11.5. The molecular weight excluding hydrogens is 516 g/mol. The first-order chi connectivity index (χ1) is 15.3. The minimum absolute atomic E-state index is 0.260. The van der Waals surface area contributed by atoms with Crippen LogP contribution in [0.1, 0.15) is 24.1 Å². The molecule has 6 nitrogen and oxygen atoms in total. The second-order valence-electron chi connectivity index (χ2n) is 7.01. The quantitative estimate of drug-likeness (QED) is 0.478. The van der Waals surface area contributed by atoms with E-state index in [0.717, 1.165) is 10.0 Å². The van der Waals surface area contributed by atoms with Crippen molar-refractivity contribution < 1.29 is 14.3 Å². The van der Waals surface area contributed by atoms with Crippen LogP contribution in [0.4, 0.5) is 0 Å². The van der Waals surface area contributed by atoms with Crippen molar-refractivity contribution in [3.05, 3.63) is 94.0 Å². The summed E-state index contributed by atoms with van der Waals surface area (Å²) < 4.78 is 13.5. The summed E-state index contributed by atoms with van der Waals surface area (Å²) in [5.41, 5.74) is 1.92. The molecule has 1 atom stereocenters. The number of carbonyl (C=O) groups excluding carboxylic acids is 1. The number of nitrogens with zero attached hydrogens (tertiary/aromatic N) is 2. The smallest absolute Gasteiger partial charge is 0.338 e. The number of benzene rings is 2. The Morgan fingerprint density at radius 2 is 1.94 bits per heavy atom. The largest absolute Gasteiger partial charge is 0.496 e. The van der Waals surface area contributed by atoms with E-state index in [4.69, 9.17) is 21.1 Å². The zero-order valence-corrected chi connectivity index (χ0v) is 20.5. The molecule has 4 rings (SSSR count). The summed E-state index contributed by atoms with van der Waals surface area (Å²) in [7, 11) is 2.83. The molecule has 0 aliphatic carbocycles. The first-order valence-electron chi connectivity index (χ1n) is 9.54. The predicted molar refractivity (Wildman–Crippen MR) is 128 cm³/mol. The number of rotatable bonds is 4. The summed E-state index contributed by atoms with van der Waals surface area (Å²) in [4.78, 5) is 31.3. The molecule has 2 heterocycles. The number of hydrogen-bond donors (Lipinski definition) is 0. The number of fused-ring (bicyclic) bond motifs is 1. The molecule has 0 saturated carbocycles. The second-order valence-corrected chi connectivity index (χ2v) is 9.37. The molecule has 0 radical (unpaired) electrons. The van der Waals surface area contributed by atoms with E-state index < -0.39 is 12.0 Å². The van der Waals surface area contributed by atoms with Crippen molar-refractivity contribution in [2.45, 2.75) is 13.0 Å². The fourth-order valence-corrected chi connectivity index (χ4v) is 5.11. The Labute approximate surface area is 201 Å². The van der Waals surface area contributed by atoms with Crippen LogP contribution in [0.2, 0.25) is 5.02 Å². The highest BCUT2D eigenvalue weighted by Crippen LogP contribution is 2.37. The molecular formula is C23H18BrClN2O4S. The van der Waals surface area contributed by atoms with Crippen molar-refractivity contribution in [3.63, 3.8) is 0 Å². The van der Waals surface area contributed by atoms with Crippen LogP contribution in [0.3, 0.4) is 0 Å². The van der Waals surface area contributed by atoms with Crippen molar-refractivity contribution >= 4 is 50.9 Å². The molecule has 0 amide bonds. The lowest BCUT2D eigenvalue weighted by Crippen LogP contribution is -2.40. The molecule has 164 valence electrons. The van der Waals surface area contributed by atoms with Gasteiger partial charge in [-0.15, -0.1) is 0 Å². The van der Waals surface area contributed by atoms with Gasteiger partial charge in [0.25, 0.3) is 5.56 Å². The van der Waals surface area contributed by atoms with Gasteiger partial charge in [0.1, 0.15) is 11.8 Å². The molecule has 3 aromatic rings. The maximum atomic E-state index is 13.5. The molecule has 0 fully saturated rings. The molecule has 0 saturated heterocycles. The van der Waals surface area contributed by atoms with Gasteiger partial charge in [0, 0.05) is 15.1 Å². The summed E-state index contributed by atoms with van der Waals surface area (Å²) in [6.07, 6.45) is 1.81. The fourth-order valence-electron chi connectivity index (χ4n) is 3.62. The molecule has 2 aromatic carbocycles. The Bertz CT molecular complexity index is 1420. The fraction of sp³-hybridized carbons (Fsp3) is 0.174. The summed E-state index contributed by atoms with van der Waals surface area (Å²) >= 11 is 10.9. The predicted octanol–water partition coefficient (Wildman–Crippen LogP) is 3.83. The van der Waals surface area contributed by atoms with Gasteiger partial charge in [-0.2, -0.15) is 0 Å². The van der Waals surface area contributed by atoms with Gasteiger partial charge < -0.3 is 9.47 Å². The Hall–Kier alpha value is -2.68. The number of methoxy groups -OCH3 is 2. The lowest BCUT2D eigenvalue weighted by molar-refractivity contribution is -0.136. The van der Waals surface area contributed by atoms with E-state index in [1.807, 2.05) is 24.3 Å². The van der Waals surface area contributed by atoms with E-state index in [0.29, 0.717) is 31.4 Å². The maximum absolute atomic E-state index is 13.5. The molecule has 32 heavy (non-hydrogen) atoms. The van der Waals surface area contributed by atoms with Crippen molar-refractivity contribution in [2.75, 3.05) is 14.2 Å². The topological polar surface area (TPSA) is 69.9 Å². The molecule has 9 heteroatoms. The molecule has 0 bridgehead atoms. The number of allylic oxidation sites excluding steroid dienone is 1. The minimum atomic E-state index is -0.792. The van der Waals surface area contributed by atoms with Gasteiger partial charge in [-0.1, -0.05) is 51.0 Å². The van der Waals surface area contributed by atoms with E-state index in [1.54, 1.807) is 31.2 Å². The van der Waals surface area contributed by atoms with Crippen LogP contribution in [-0.2, 0) is 9.53 Å². The van der Waals surface area contributed by atoms with E-state index in [2.05, 4.69) is 20.9 Å². The standard InChI is InChI=1S/C23H18BrClN2O4S/c1-12-19(22(29)31-3)20(16-11-15(25)8-9-17(16)30-2)27-21(28)18(32-23(27)26-12)10-13-4-6-14(24)7-5-13/h4-11,20H,1-3H3/b18-10-/t20-/m0/s1. The van der Waals surface area contributed by atoms with Gasteiger partial charge >= 0.3 is 5.97 Å². The summed E-state index contributed by atoms with van der Waals surface area (Å²) in [6.45, 7) is 1.72. The average molecular weight is 534 g/mol. The number of carbonyl (C=O) groups is 1. The monoisotopic (exact) mass is 532 g/mol. The SMILES string of the molecule is COC(=O)C1=C(C)N=c2s/c(=C\c3ccc(Br)cc3)c(=O)n2[C@H]1c1cc(Cl)ccc1OC. The van der Waals surface area contributed by atoms with E-state index in [9.17, 15) is 9.59 Å². The molecule has 0 unspecified atom stereocenters. The third kappa shape index (κ3) is 4.05. The van der Waals surface area contributed by atoms with Gasteiger partial charge in [-0.25, -0.2) is 9.79 Å². The Balaban J connectivity index is 2.02. The van der Waals surface area contributed by atoms with Crippen LogP contribution >= 0.6 is 38.9 Å². The van der Waals surface area contributed by atoms with Crippen LogP contribution in [0.25, 0.3) is 6.08 Å². The summed E-state index contributed by atoms with van der Waals surface area (Å²) in [6, 6.07) is 11.9.